The molecule has 0 fully saturated rings. The van der Waals surface area contributed by atoms with E-state index in [0.717, 1.165) is 43.3 Å². The van der Waals surface area contributed by atoms with E-state index in [-0.39, 0.29) is 0 Å². The lowest BCUT2D eigenvalue weighted by Gasteiger charge is -2.19. The molecule has 2 aliphatic rings. The quantitative estimate of drug-likeness (QED) is 0.766. The summed E-state index contributed by atoms with van der Waals surface area (Å²) in [5.41, 5.74) is 6.78. The summed E-state index contributed by atoms with van der Waals surface area (Å²) in [6.07, 6.45) is 1.07. The van der Waals surface area contributed by atoms with E-state index in [1.165, 1.54) is 16.7 Å². The first kappa shape index (κ1) is 16.3. The number of nitrogens with zero attached hydrogens (tertiary/aromatic N) is 1. The first-order valence-electron chi connectivity index (χ1n) is 8.01. The van der Waals surface area contributed by atoms with Crippen LogP contribution in [-0.2, 0) is 6.42 Å². The Hall–Kier alpha value is -1.19. The van der Waals surface area contributed by atoms with E-state index in [9.17, 15) is 0 Å². The van der Waals surface area contributed by atoms with E-state index in [1.807, 2.05) is 24.3 Å². The van der Waals surface area contributed by atoms with E-state index in [0.29, 0.717) is 10.0 Å². The van der Waals surface area contributed by atoms with Crippen LogP contribution < -0.4 is 5.32 Å². The van der Waals surface area contributed by atoms with Gasteiger partial charge in [-0.1, -0.05) is 40.9 Å². The van der Waals surface area contributed by atoms with Crippen molar-refractivity contribution in [1.29, 1.82) is 0 Å². The van der Waals surface area contributed by atoms with Crippen molar-refractivity contribution in [3.05, 3.63) is 68.2 Å². The molecule has 0 aromatic heterocycles. The topological polar surface area (TPSA) is 15.3 Å². The smallest absolute Gasteiger partial charge is 0.0612 e. The van der Waals surface area contributed by atoms with Crippen LogP contribution in [0.15, 0.2) is 42.0 Å². The van der Waals surface area contributed by atoms with Gasteiger partial charge in [-0.25, -0.2) is 0 Å². The Morgan fingerprint density at radius 3 is 2.67 bits per heavy atom. The van der Waals surface area contributed by atoms with Gasteiger partial charge in [-0.15, -0.1) is 0 Å². The van der Waals surface area contributed by atoms with Crippen molar-refractivity contribution in [3.8, 4) is 0 Å². The van der Waals surface area contributed by atoms with Crippen molar-refractivity contribution in [2.75, 3.05) is 31.5 Å². The van der Waals surface area contributed by atoms with Crippen molar-refractivity contribution in [2.24, 2.45) is 0 Å². The summed E-state index contributed by atoms with van der Waals surface area (Å²) in [5.74, 6) is 0. The number of anilines is 1. The molecule has 2 aromatic carbocycles. The van der Waals surface area contributed by atoms with Gasteiger partial charge < -0.3 is 5.32 Å². The maximum Gasteiger partial charge on any atom is 0.0612 e. The fourth-order valence-electron chi connectivity index (χ4n) is 3.53. The number of benzene rings is 2. The van der Waals surface area contributed by atoms with Crippen LogP contribution in [-0.4, -0.2) is 31.1 Å². The first-order chi connectivity index (χ1) is 11.6. The molecule has 124 valence electrons. The van der Waals surface area contributed by atoms with Crippen molar-refractivity contribution in [2.45, 2.75) is 6.42 Å². The summed E-state index contributed by atoms with van der Waals surface area (Å²) < 4.78 is 0. The van der Waals surface area contributed by atoms with Gasteiger partial charge in [0.2, 0.25) is 0 Å². The minimum atomic E-state index is 0.581. The van der Waals surface area contributed by atoms with Gasteiger partial charge in [0.05, 0.1) is 10.0 Å². The van der Waals surface area contributed by atoms with E-state index < -0.39 is 0 Å². The van der Waals surface area contributed by atoms with Crippen LogP contribution in [0, 0.1) is 0 Å². The Bertz CT molecular complexity index is 829. The standard InChI is InChI=1S/C19H17Cl3N2/c20-14-2-1-12-7-13-10-24(11-17(13)16(12)8-14)6-5-23-15-3-4-18(21)19(22)9-15/h1-4,8-9,23H,5-7,10-11H2. The zero-order valence-corrected chi connectivity index (χ0v) is 15.3. The Balaban J connectivity index is 1.34. The third kappa shape index (κ3) is 3.16. The second-order valence-corrected chi connectivity index (χ2v) is 7.58. The molecule has 1 aliphatic carbocycles. The highest BCUT2D eigenvalue weighted by atomic mass is 35.5. The summed E-state index contributed by atoms with van der Waals surface area (Å²) in [6.45, 7) is 3.92. The fourth-order valence-corrected chi connectivity index (χ4v) is 4.00. The van der Waals surface area contributed by atoms with Gasteiger partial charge in [0.15, 0.2) is 0 Å². The largest absolute Gasteiger partial charge is 0.384 e. The number of hydrogen-bond acceptors (Lipinski definition) is 2. The van der Waals surface area contributed by atoms with Gasteiger partial charge in [-0.05, 0) is 59.0 Å². The van der Waals surface area contributed by atoms with Crippen LogP contribution >= 0.6 is 34.8 Å². The maximum absolute atomic E-state index is 6.16. The number of rotatable bonds is 4. The lowest BCUT2D eigenvalue weighted by molar-refractivity contribution is 0.362. The molecular formula is C19H17Cl3N2. The predicted molar refractivity (Wildman–Crippen MR) is 103 cm³/mol. The third-order valence-electron chi connectivity index (χ3n) is 4.70. The molecule has 1 aliphatic heterocycles. The molecule has 0 radical (unpaired) electrons. The minimum Gasteiger partial charge on any atom is -0.384 e. The maximum atomic E-state index is 6.16. The molecule has 0 bridgehead atoms. The van der Waals surface area contributed by atoms with Crippen molar-refractivity contribution >= 4 is 46.1 Å². The molecule has 0 spiro atoms. The number of nitrogens with one attached hydrogen (secondary N) is 1. The highest BCUT2D eigenvalue weighted by molar-refractivity contribution is 6.42. The van der Waals surface area contributed by atoms with Crippen LogP contribution in [0.3, 0.4) is 0 Å². The molecule has 0 unspecified atom stereocenters. The molecule has 1 heterocycles. The van der Waals surface area contributed by atoms with Crippen LogP contribution in [0.5, 0.6) is 0 Å². The lowest BCUT2D eigenvalue weighted by atomic mass is 10.1. The average molecular weight is 380 g/mol. The van der Waals surface area contributed by atoms with E-state index in [2.05, 4.69) is 22.3 Å². The molecule has 1 N–H and O–H groups in total. The van der Waals surface area contributed by atoms with Gasteiger partial charge in [-0.3, -0.25) is 4.90 Å². The SMILES string of the molecule is Clc1ccc2c(c1)C1=C(C2)CN(CCNc2ccc(Cl)c(Cl)c2)C1. The Labute approximate surface area is 157 Å². The third-order valence-corrected chi connectivity index (χ3v) is 5.67. The normalized spacial score (nSPS) is 16.5. The summed E-state index contributed by atoms with van der Waals surface area (Å²) >= 11 is 18.1. The number of halogens is 3. The Morgan fingerprint density at radius 2 is 1.83 bits per heavy atom. The fraction of sp³-hybridized carbons (Fsp3) is 0.263. The minimum absolute atomic E-state index is 0.581. The van der Waals surface area contributed by atoms with Gasteiger partial charge in [0, 0.05) is 36.9 Å². The molecule has 2 nitrogen and oxygen atoms in total. The van der Waals surface area contributed by atoms with Gasteiger partial charge >= 0.3 is 0 Å². The Morgan fingerprint density at radius 1 is 0.958 bits per heavy atom. The van der Waals surface area contributed by atoms with Crippen LogP contribution in [0.25, 0.3) is 5.57 Å². The van der Waals surface area contributed by atoms with Gasteiger partial charge in [0.25, 0.3) is 0 Å². The molecule has 0 amide bonds. The zero-order chi connectivity index (χ0) is 16.7. The van der Waals surface area contributed by atoms with E-state index >= 15 is 0 Å². The first-order valence-corrected chi connectivity index (χ1v) is 9.14. The molecule has 2 aromatic rings. The summed E-state index contributed by atoms with van der Waals surface area (Å²) in [6, 6.07) is 11.9. The molecule has 0 saturated carbocycles. The molecule has 0 atom stereocenters. The molecule has 24 heavy (non-hydrogen) atoms. The summed E-state index contributed by atoms with van der Waals surface area (Å²) in [5, 5.41) is 5.39. The highest BCUT2D eigenvalue weighted by Gasteiger charge is 2.29. The van der Waals surface area contributed by atoms with Gasteiger partial charge in [0.1, 0.15) is 0 Å². The van der Waals surface area contributed by atoms with Crippen molar-refractivity contribution in [3.63, 3.8) is 0 Å². The molecule has 0 saturated heterocycles. The van der Waals surface area contributed by atoms with Crippen molar-refractivity contribution < 1.29 is 0 Å². The van der Waals surface area contributed by atoms with E-state index in [4.69, 9.17) is 34.8 Å². The molecule has 5 heteroatoms. The average Bonchev–Trinajstić information content (AvgIpc) is 3.08. The lowest BCUT2D eigenvalue weighted by Crippen LogP contribution is -2.28. The van der Waals surface area contributed by atoms with Crippen LogP contribution in [0.1, 0.15) is 11.1 Å². The van der Waals surface area contributed by atoms with Crippen LogP contribution in [0.4, 0.5) is 5.69 Å². The second-order valence-electron chi connectivity index (χ2n) is 6.33. The molecule has 4 rings (SSSR count). The predicted octanol–water partition coefficient (Wildman–Crippen LogP) is 5.38. The summed E-state index contributed by atoms with van der Waals surface area (Å²) in [7, 11) is 0. The number of hydrogen-bond donors (Lipinski definition) is 1. The zero-order valence-electron chi connectivity index (χ0n) is 13.1. The summed E-state index contributed by atoms with van der Waals surface area (Å²) in [4.78, 5) is 2.47. The molecular weight excluding hydrogens is 363 g/mol. The van der Waals surface area contributed by atoms with Crippen molar-refractivity contribution in [1.82, 2.24) is 4.90 Å². The number of fused-ring (bicyclic) bond motifs is 2. The second kappa shape index (κ2) is 6.61. The van der Waals surface area contributed by atoms with E-state index in [1.54, 1.807) is 5.57 Å². The monoisotopic (exact) mass is 378 g/mol. The Kier molecular flexibility index (Phi) is 4.48. The highest BCUT2D eigenvalue weighted by Crippen LogP contribution is 2.38. The van der Waals surface area contributed by atoms with Crippen LogP contribution in [0.2, 0.25) is 15.1 Å². The van der Waals surface area contributed by atoms with Gasteiger partial charge in [-0.2, -0.15) is 0 Å².